The Kier molecular flexibility index (Phi) is 7.67. The van der Waals surface area contributed by atoms with Crippen LogP contribution in [0.3, 0.4) is 0 Å². The molecule has 0 saturated carbocycles. The molecule has 0 aromatic heterocycles. The van der Waals surface area contributed by atoms with Gasteiger partial charge in [-0.3, -0.25) is 0 Å². The van der Waals surface area contributed by atoms with E-state index >= 15 is 0 Å². The van der Waals surface area contributed by atoms with Crippen molar-refractivity contribution in [2.75, 3.05) is 5.75 Å². The van der Waals surface area contributed by atoms with Crippen molar-refractivity contribution < 1.29 is 0 Å². The summed E-state index contributed by atoms with van der Waals surface area (Å²) in [4.78, 5) is 0.823. The minimum atomic E-state index is 0.651. The van der Waals surface area contributed by atoms with Crippen molar-refractivity contribution in [3.63, 3.8) is 0 Å². The van der Waals surface area contributed by atoms with Gasteiger partial charge in [0, 0.05) is 0 Å². The molecule has 0 spiro atoms. The quantitative estimate of drug-likeness (QED) is 0.503. The molecule has 0 aromatic rings. The third-order valence-electron chi connectivity index (χ3n) is 1.13. The van der Waals surface area contributed by atoms with Gasteiger partial charge in [0.2, 0.25) is 0 Å². The third-order valence-corrected chi connectivity index (χ3v) is 4.73. The second-order valence-corrected chi connectivity index (χ2v) is 8.02. The SMILES string of the molecule is C=C(SCCCC)[Se]C(C)C. The van der Waals surface area contributed by atoms with Gasteiger partial charge in [0.25, 0.3) is 0 Å². The maximum atomic E-state index is 4.06. The van der Waals surface area contributed by atoms with E-state index in [0.29, 0.717) is 15.0 Å². The molecular formula is C9H18SSe. The first-order chi connectivity index (χ1) is 5.16. The van der Waals surface area contributed by atoms with Crippen LogP contribution in [0.1, 0.15) is 33.6 Å². The van der Waals surface area contributed by atoms with Crippen LogP contribution < -0.4 is 0 Å². The summed E-state index contributed by atoms with van der Waals surface area (Å²) >= 11 is 2.61. The van der Waals surface area contributed by atoms with Gasteiger partial charge in [-0.05, 0) is 0 Å². The Balaban J connectivity index is 3.23. The zero-order chi connectivity index (χ0) is 8.69. The van der Waals surface area contributed by atoms with Crippen LogP contribution in [-0.4, -0.2) is 20.7 Å². The predicted molar refractivity (Wildman–Crippen MR) is 57.4 cm³/mol. The van der Waals surface area contributed by atoms with Crippen LogP contribution in [0.5, 0.6) is 0 Å². The van der Waals surface area contributed by atoms with Gasteiger partial charge in [-0.1, -0.05) is 0 Å². The van der Waals surface area contributed by atoms with E-state index in [-0.39, 0.29) is 0 Å². The summed E-state index contributed by atoms with van der Waals surface area (Å²) in [6, 6.07) is 0. The van der Waals surface area contributed by atoms with E-state index in [9.17, 15) is 0 Å². The molecule has 0 fully saturated rings. The van der Waals surface area contributed by atoms with E-state index < -0.39 is 0 Å². The topological polar surface area (TPSA) is 0 Å². The molecule has 0 amide bonds. The molecule has 0 N–H and O–H groups in total. The van der Waals surface area contributed by atoms with Gasteiger partial charge in [-0.2, -0.15) is 0 Å². The van der Waals surface area contributed by atoms with E-state index in [1.807, 2.05) is 11.8 Å². The Hall–Kier alpha value is 0.609. The number of rotatable bonds is 6. The molecule has 11 heavy (non-hydrogen) atoms. The molecule has 0 aliphatic heterocycles. The molecular weight excluding hydrogens is 219 g/mol. The summed E-state index contributed by atoms with van der Waals surface area (Å²) in [7, 11) is 0. The fourth-order valence-electron chi connectivity index (χ4n) is 0.627. The average Bonchev–Trinajstić information content (AvgIpc) is 1.86. The van der Waals surface area contributed by atoms with Crippen LogP contribution in [0.2, 0.25) is 4.82 Å². The van der Waals surface area contributed by atoms with Crippen molar-refractivity contribution in [2.24, 2.45) is 0 Å². The molecule has 0 atom stereocenters. The van der Waals surface area contributed by atoms with Gasteiger partial charge in [-0.15, -0.1) is 0 Å². The fraction of sp³-hybridized carbons (Fsp3) is 0.778. The Morgan fingerprint density at radius 2 is 2.18 bits per heavy atom. The monoisotopic (exact) mass is 238 g/mol. The van der Waals surface area contributed by atoms with Crippen molar-refractivity contribution in [2.45, 2.75) is 38.4 Å². The van der Waals surface area contributed by atoms with E-state index in [0.717, 1.165) is 4.82 Å². The van der Waals surface area contributed by atoms with Crippen LogP contribution in [0, 0.1) is 0 Å². The van der Waals surface area contributed by atoms with Crippen molar-refractivity contribution >= 4 is 26.7 Å². The molecule has 0 nitrogen and oxygen atoms in total. The van der Waals surface area contributed by atoms with Crippen LogP contribution in [0.15, 0.2) is 10.4 Å². The molecule has 66 valence electrons. The van der Waals surface area contributed by atoms with Crippen molar-refractivity contribution in [1.29, 1.82) is 0 Å². The Morgan fingerprint density at radius 1 is 1.55 bits per heavy atom. The van der Waals surface area contributed by atoms with E-state index in [2.05, 4.69) is 27.4 Å². The van der Waals surface area contributed by atoms with Gasteiger partial charge in [-0.25, -0.2) is 0 Å². The summed E-state index contributed by atoms with van der Waals surface area (Å²) in [5.74, 6) is 1.27. The maximum absolute atomic E-state index is 4.06. The van der Waals surface area contributed by atoms with Gasteiger partial charge in [0.15, 0.2) is 0 Å². The fourth-order valence-corrected chi connectivity index (χ4v) is 4.41. The van der Waals surface area contributed by atoms with E-state index in [1.165, 1.54) is 22.4 Å². The van der Waals surface area contributed by atoms with Crippen LogP contribution in [0.4, 0.5) is 0 Å². The van der Waals surface area contributed by atoms with Crippen molar-refractivity contribution in [1.82, 2.24) is 0 Å². The van der Waals surface area contributed by atoms with Gasteiger partial charge in [0.1, 0.15) is 0 Å². The predicted octanol–water partition coefficient (Wildman–Crippen LogP) is 3.52. The van der Waals surface area contributed by atoms with Gasteiger partial charge in [0.05, 0.1) is 0 Å². The minimum absolute atomic E-state index is 0.651. The summed E-state index contributed by atoms with van der Waals surface area (Å²) in [6.07, 6.45) is 2.63. The Labute approximate surface area is 81.4 Å². The first kappa shape index (κ1) is 11.6. The van der Waals surface area contributed by atoms with E-state index in [1.54, 1.807) is 0 Å². The normalized spacial score (nSPS) is 10.5. The van der Waals surface area contributed by atoms with Crippen molar-refractivity contribution in [3.8, 4) is 0 Å². The number of hydrogen-bond donors (Lipinski definition) is 0. The first-order valence-electron chi connectivity index (χ1n) is 4.15. The number of hydrogen-bond acceptors (Lipinski definition) is 1. The van der Waals surface area contributed by atoms with Crippen LogP contribution >= 0.6 is 11.8 Å². The molecule has 0 rings (SSSR count). The van der Waals surface area contributed by atoms with Crippen LogP contribution in [0.25, 0.3) is 0 Å². The molecule has 0 aliphatic rings. The molecule has 0 bridgehead atoms. The average molecular weight is 237 g/mol. The summed E-state index contributed by atoms with van der Waals surface area (Å²) in [5, 5.41) is 0. The summed E-state index contributed by atoms with van der Waals surface area (Å²) in [6.45, 7) is 10.8. The molecule has 0 aromatic carbocycles. The molecule has 2 heteroatoms. The van der Waals surface area contributed by atoms with Crippen LogP contribution in [-0.2, 0) is 0 Å². The standard InChI is InChI=1S/C9H18SSe/c1-5-6-7-10-9(4)11-8(2)3/h8H,4-7H2,1-3H3. The number of unbranched alkanes of at least 4 members (excludes halogenated alkanes) is 1. The van der Waals surface area contributed by atoms with Gasteiger partial charge >= 0.3 is 81.3 Å². The molecule has 0 aliphatic carbocycles. The molecule has 0 heterocycles. The Bertz CT molecular complexity index is 110. The summed E-state index contributed by atoms with van der Waals surface area (Å²) in [5.41, 5.74) is 0. The second kappa shape index (κ2) is 7.27. The zero-order valence-electron chi connectivity index (χ0n) is 7.72. The molecule has 0 unspecified atom stereocenters. The summed E-state index contributed by atoms with van der Waals surface area (Å²) < 4.78 is 1.42. The first-order valence-corrected chi connectivity index (χ1v) is 6.98. The van der Waals surface area contributed by atoms with Crippen molar-refractivity contribution in [3.05, 3.63) is 10.4 Å². The Morgan fingerprint density at radius 3 is 2.64 bits per heavy atom. The third kappa shape index (κ3) is 8.52. The zero-order valence-corrected chi connectivity index (χ0v) is 10.3. The second-order valence-electron chi connectivity index (χ2n) is 2.74. The molecule has 0 radical (unpaired) electrons. The molecule has 0 saturated heterocycles. The van der Waals surface area contributed by atoms with Gasteiger partial charge < -0.3 is 0 Å². The number of thioether (sulfide) groups is 1. The van der Waals surface area contributed by atoms with E-state index in [4.69, 9.17) is 0 Å².